The molecule has 0 saturated heterocycles. The van der Waals surface area contributed by atoms with E-state index >= 15 is 0 Å². The van der Waals surface area contributed by atoms with E-state index in [4.69, 9.17) is 5.73 Å². The molecule has 0 fully saturated rings. The van der Waals surface area contributed by atoms with Crippen LogP contribution >= 0.6 is 0 Å². The van der Waals surface area contributed by atoms with E-state index < -0.39 is 0 Å². The van der Waals surface area contributed by atoms with Crippen LogP contribution in [0.2, 0.25) is 0 Å². The number of halogens is 1. The van der Waals surface area contributed by atoms with Crippen LogP contribution in [0, 0.1) is 5.82 Å². The number of rotatable bonds is 4. The molecule has 1 aliphatic rings. The van der Waals surface area contributed by atoms with Crippen molar-refractivity contribution in [3.8, 4) is 0 Å². The summed E-state index contributed by atoms with van der Waals surface area (Å²) in [5, 5.41) is 0. The molecule has 3 nitrogen and oxygen atoms in total. The molecule has 2 N–H and O–H groups in total. The molecule has 1 aromatic rings. The number of hydrogen-bond donors (Lipinski definition) is 1. The standard InChI is InChI=1S/C14H20FN3/c1-3-9-14(4-2)10-17-13(16)18(14)12-8-6-5-7-11(12)15/h5-8H,3-4,9-10H2,1-2H3,(H2,16,17). The van der Waals surface area contributed by atoms with Crippen molar-refractivity contribution >= 4 is 11.6 Å². The number of nitrogens with two attached hydrogens (primary N) is 1. The predicted octanol–water partition coefficient (Wildman–Crippen LogP) is 2.91. The minimum atomic E-state index is -0.244. The molecule has 2 rings (SSSR count). The maximum Gasteiger partial charge on any atom is 0.196 e. The van der Waals surface area contributed by atoms with Gasteiger partial charge in [0.2, 0.25) is 0 Å². The third-order valence-electron chi connectivity index (χ3n) is 3.71. The van der Waals surface area contributed by atoms with Crippen LogP contribution in [-0.4, -0.2) is 18.0 Å². The first kappa shape index (κ1) is 12.9. The first-order valence-electron chi connectivity index (χ1n) is 6.49. The SMILES string of the molecule is CCCC1(CC)CN=C(N)N1c1ccccc1F. The van der Waals surface area contributed by atoms with Crippen molar-refractivity contribution < 1.29 is 4.39 Å². The van der Waals surface area contributed by atoms with Crippen molar-refractivity contribution in [2.24, 2.45) is 10.7 Å². The molecule has 0 bridgehead atoms. The van der Waals surface area contributed by atoms with Crippen LogP contribution in [0.4, 0.5) is 10.1 Å². The van der Waals surface area contributed by atoms with E-state index in [2.05, 4.69) is 18.8 Å². The molecule has 0 amide bonds. The summed E-state index contributed by atoms with van der Waals surface area (Å²) in [6.45, 7) is 4.89. The Kier molecular flexibility index (Phi) is 3.55. The molecule has 4 heteroatoms. The highest BCUT2D eigenvalue weighted by atomic mass is 19.1. The van der Waals surface area contributed by atoms with E-state index in [1.807, 2.05) is 11.0 Å². The van der Waals surface area contributed by atoms with E-state index in [1.54, 1.807) is 12.1 Å². The molecule has 1 aliphatic heterocycles. The lowest BCUT2D eigenvalue weighted by molar-refractivity contribution is 0.400. The van der Waals surface area contributed by atoms with Crippen molar-refractivity contribution in [2.45, 2.75) is 38.6 Å². The number of nitrogens with zero attached hydrogens (tertiary/aromatic N) is 2. The Balaban J connectivity index is 2.45. The molecular formula is C14H20FN3. The summed E-state index contributed by atoms with van der Waals surface area (Å²) >= 11 is 0. The molecule has 0 aromatic heterocycles. The molecule has 1 heterocycles. The summed E-state index contributed by atoms with van der Waals surface area (Å²) in [5.74, 6) is 0.182. The molecule has 0 spiro atoms. The van der Waals surface area contributed by atoms with Crippen LogP contribution in [-0.2, 0) is 0 Å². The van der Waals surface area contributed by atoms with E-state index in [0.29, 0.717) is 18.2 Å². The van der Waals surface area contributed by atoms with Crippen molar-refractivity contribution in [1.82, 2.24) is 0 Å². The van der Waals surface area contributed by atoms with E-state index in [0.717, 1.165) is 19.3 Å². The monoisotopic (exact) mass is 249 g/mol. The Morgan fingerprint density at radius 2 is 2.11 bits per heavy atom. The molecule has 0 aliphatic carbocycles. The van der Waals surface area contributed by atoms with Gasteiger partial charge in [0.1, 0.15) is 5.82 Å². The van der Waals surface area contributed by atoms with Gasteiger partial charge in [-0.3, -0.25) is 4.99 Å². The van der Waals surface area contributed by atoms with E-state index in [1.165, 1.54) is 6.07 Å². The van der Waals surface area contributed by atoms with Crippen LogP contribution in [0.1, 0.15) is 33.1 Å². The first-order valence-corrected chi connectivity index (χ1v) is 6.49. The maximum absolute atomic E-state index is 14.0. The fourth-order valence-corrected chi connectivity index (χ4v) is 2.73. The number of para-hydroxylation sites is 1. The minimum Gasteiger partial charge on any atom is -0.369 e. The van der Waals surface area contributed by atoms with E-state index in [9.17, 15) is 4.39 Å². The van der Waals surface area contributed by atoms with Crippen LogP contribution < -0.4 is 10.6 Å². The Hall–Kier alpha value is -1.58. The van der Waals surface area contributed by atoms with Gasteiger partial charge in [-0.25, -0.2) is 4.39 Å². The van der Waals surface area contributed by atoms with Gasteiger partial charge in [-0.15, -0.1) is 0 Å². The normalized spacial score (nSPS) is 23.3. The van der Waals surface area contributed by atoms with Gasteiger partial charge in [-0.2, -0.15) is 0 Å². The molecule has 18 heavy (non-hydrogen) atoms. The lowest BCUT2D eigenvalue weighted by Gasteiger charge is -2.38. The van der Waals surface area contributed by atoms with Crippen molar-refractivity contribution in [3.05, 3.63) is 30.1 Å². The molecule has 1 unspecified atom stereocenters. The molecule has 1 atom stereocenters. The van der Waals surface area contributed by atoms with Crippen LogP contribution in [0.3, 0.4) is 0 Å². The Morgan fingerprint density at radius 3 is 2.72 bits per heavy atom. The summed E-state index contributed by atoms with van der Waals surface area (Å²) in [4.78, 5) is 6.21. The Labute approximate surface area is 108 Å². The highest BCUT2D eigenvalue weighted by Crippen LogP contribution is 2.35. The summed E-state index contributed by atoms with van der Waals surface area (Å²) in [5.41, 5.74) is 6.34. The zero-order valence-corrected chi connectivity index (χ0v) is 11.0. The molecular weight excluding hydrogens is 229 g/mol. The number of guanidine groups is 1. The maximum atomic E-state index is 14.0. The van der Waals surface area contributed by atoms with Crippen molar-refractivity contribution in [3.63, 3.8) is 0 Å². The number of hydrogen-bond acceptors (Lipinski definition) is 3. The molecule has 1 aromatic carbocycles. The van der Waals surface area contributed by atoms with Gasteiger partial charge in [0.05, 0.1) is 17.8 Å². The summed E-state index contributed by atoms with van der Waals surface area (Å²) in [6, 6.07) is 6.75. The largest absolute Gasteiger partial charge is 0.369 e. The summed E-state index contributed by atoms with van der Waals surface area (Å²) in [7, 11) is 0. The van der Waals surface area contributed by atoms with Crippen LogP contribution in [0.25, 0.3) is 0 Å². The van der Waals surface area contributed by atoms with Gasteiger partial charge >= 0.3 is 0 Å². The quantitative estimate of drug-likeness (QED) is 0.891. The van der Waals surface area contributed by atoms with E-state index in [-0.39, 0.29) is 11.4 Å². The first-order chi connectivity index (χ1) is 8.64. The minimum absolute atomic E-state index is 0.166. The van der Waals surface area contributed by atoms with Gasteiger partial charge < -0.3 is 10.6 Å². The highest BCUT2D eigenvalue weighted by Gasteiger charge is 2.41. The molecule has 0 radical (unpaired) electrons. The van der Waals surface area contributed by atoms with Gasteiger partial charge in [-0.1, -0.05) is 32.4 Å². The van der Waals surface area contributed by atoms with Gasteiger partial charge in [0.25, 0.3) is 0 Å². The zero-order chi connectivity index (χ0) is 13.2. The van der Waals surface area contributed by atoms with Crippen LogP contribution in [0.15, 0.2) is 29.3 Å². The average molecular weight is 249 g/mol. The summed E-state index contributed by atoms with van der Waals surface area (Å²) < 4.78 is 14.0. The fraction of sp³-hybridized carbons (Fsp3) is 0.500. The second kappa shape index (κ2) is 4.96. The zero-order valence-electron chi connectivity index (χ0n) is 11.0. The number of benzene rings is 1. The van der Waals surface area contributed by atoms with Gasteiger partial charge in [0.15, 0.2) is 5.96 Å². The predicted molar refractivity (Wildman–Crippen MR) is 73.3 cm³/mol. The topological polar surface area (TPSA) is 41.6 Å². The second-order valence-corrected chi connectivity index (χ2v) is 4.79. The summed E-state index contributed by atoms with van der Waals surface area (Å²) in [6.07, 6.45) is 2.89. The third kappa shape index (κ3) is 1.96. The molecule has 98 valence electrons. The number of anilines is 1. The van der Waals surface area contributed by atoms with Gasteiger partial charge in [-0.05, 0) is 25.0 Å². The lowest BCUT2D eigenvalue weighted by Crippen LogP contribution is -2.52. The molecule has 0 saturated carbocycles. The Morgan fingerprint density at radius 1 is 1.39 bits per heavy atom. The van der Waals surface area contributed by atoms with Crippen molar-refractivity contribution in [1.29, 1.82) is 0 Å². The highest BCUT2D eigenvalue weighted by molar-refractivity contribution is 5.98. The third-order valence-corrected chi connectivity index (χ3v) is 3.71. The smallest absolute Gasteiger partial charge is 0.196 e. The number of aliphatic imine (C=N–C) groups is 1. The lowest BCUT2D eigenvalue weighted by atomic mass is 9.89. The Bertz CT molecular complexity index is 458. The second-order valence-electron chi connectivity index (χ2n) is 4.79. The fourth-order valence-electron chi connectivity index (χ4n) is 2.73. The van der Waals surface area contributed by atoms with Crippen molar-refractivity contribution in [2.75, 3.05) is 11.4 Å². The average Bonchev–Trinajstić information content (AvgIpc) is 2.69. The van der Waals surface area contributed by atoms with Gasteiger partial charge in [0, 0.05) is 0 Å². The van der Waals surface area contributed by atoms with Crippen LogP contribution in [0.5, 0.6) is 0 Å².